The molecule has 3 aromatic heterocycles. The van der Waals surface area contributed by atoms with E-state index in [1.165, 1.54) is 4.88 Å². The van der Waals surface area contributed by atoms with Crippen LogP contribution in [0.1, 0.15) is 15.2 Å². The van der Waals surface area contributed by atoms with Crippen LogP contribution < -0.4 is 16.0 Å². The molecule has 9 nitrogen and oxygen atoms in total. The molecule has 4 N–H and O–H groups in total. The maximum absolute atomic E-state index is 12.0. The van der Waals surface area contributed by atoms with Crippen molar-refractivity contribution >= 4 is 44.2 Å². The lowest BCUT2D eigenvalue weighted by Crippen LogP contribution is -2.42. The molecule has 6 rings (SSSR count). The zero-order chi connectivity index (χ0) is 23.1. The predicted octanol–water partition coefficient (Wildman–Crippen LogP) is 2.18. The van der Waals surface area contributed by atoms with Crippen LogP contribution in [0.2, 0.25) is 0 Å². The molecule has 5 heterocycles. The van der Waals surface area contributed by atoms with Crippen molar-refractivity contribution in [2.45, 2.75) is 6.54 Å². The normalized spacial score (nSPS) is 17.6. The second-order valence-corrected chi connectivity index (χ2v) is 9.87. The molecule has 0 saturated carbocycles. The molecule has 34 heavy (non-hydrogen) atoms. The van der Waals surface area contributed by atoms with Gasteiger partial charge in [0.1, 0.15) is 10.6 Å². The molecule has 0 atom stereocenters. The van der Waals surface area contributed by atoms with Gasteiger partial charge in [-0.15, -0.1) is 11.3 Å². The number of piperazine rings is 1. The van der Waals surface area contributed by atoms with Gasteiger partial charge >= 0.3 is 0 Å². The number of fused-ring (bicyclic) bond motifs is 2. The van der Waals surface area contributed by atoms with E-state index in [0.717, 1.165) is 78.3 Å². The standard InChI is InChI=1S/C24H27N7O2S/c25-21(32)15-11-18(17-1-2-27-20(17)12-15)22-28-23(31-7-9-33-10-8-31)19-13-16(34-24(19)29-22)14-30-5-3-26-4-6-30/h1-2,11-13,26-27H,3-10,14H2,(H2,25,32). The fourth-order valence-corrected chi connectivity index (χ4v) is 5.82. The molecule has 2 aliphatic rings. The first kappa shape index (κ1) is 21.5. The molecule has 1 aromatic carbocycles. The maximum Gasteiger partial charge on any atom is 0.248 e. The van der Waals surface area contributed by atoms with Crippen molar-refractivity contribution in [1.29, 1.82) is 0 Å². The third kappa shape index (κ3) is 4.03. The van der Waals surface area contributed by atoms with Crippen LogP contribution in [0.15, 0.2) is 30.5 Å². The first-order valence-corrected chi connectivity index (χ1v) is 12.4. The monoisotopic (exact) mass is 477 g/mol. The molecule has 0 spiro atoms. The lowest BCUT2D eigenvalue weighted by Gasteiger charge is -2.28. The number of benzene rings is 1. The Hall–Kier alpha value is -3.05. The SMILES string of the molecule is NC(=O)c1cc(-c2nc(N3CCOCC3)c3cc(CN4CCNCC4)sc3n2)c2cc[nH]c2c1. The molecule has 2 saturated heterocycles. The number of hydrogen-bond acceptors (Lipinski definition) is 8. The van der Waals surface area contributed by atoms with Gasteiger partial charge in [0, 0.05) is 78.9 Å². The third-order valence-corrected chi connectivity index (χ3v) is 7.53. The van der Waals surface area contributed by atoms with E-state index in [-0.39, 0.29) is 0 Å². The van der Waals surface area contributed by atoms with E-state index in [4.69, 9.17) is 20.4 Å². The summed E-state index contributed by atoms with van der Waals surface area (Å²) < 4.78 is 5.59. The number of amides is 1. The number of aromatic nitrogens is 3. The average Bonchev–Trinajstić information content (AvgIpc) is 3.50. The summed E-state index contributed by atoms with van der Waals surface area (Å²) in [5.74, 6) is 1.07. The van der Waals surface area contributed by atoms with E-state index in [1.807, 2.05) is 12.3 Å². The number of ether oxygens (including phenoxy) is 1. The van der Waals surface area contributed by atoms with Crippen molar-refractivity contribution in [2.24, 2.45) is 5.73 Å². The van der Waals surface area contributed by atoms with Gasteiger partial charge in [-0.25, -0.2) is 9.97 Å². The highest BCUT2D eigenvalue weighted by Gasteiger charge is 2.22. The van der Waals surface area contributed by atoms with Crippen molar-refractivity contribution < 1.29 is 9.53 Å². The largest absolute Gasteiger partial charge is 0.378 e. The quantitative estimate of drug-likeness (QED) is 0.404. The predicted molar refractivity (Wildman–Crippen MR) is 134 cm³/mol. The van der Waals surface area contributed by atoms with E-state index >= 15 is 0 Å². The van der Waals surface area contributed by atoms with Gasteiger partial charge in [-0.2, -0.15) is 0 Å². The van der Waals surface area contributed by atoms with Crippen LogP contribution >= 0.6 is 11.3 Å². The fourth-order valence-electron chi connectivity index (χ4n) is 4.75. The number of nitrogens with two attached hydrogens (primary N) is 1. The number of H-pyrrole nitrogens is 1. The average molecular weight is 478 g/mol. The summed E-state index contributed by atoms with van der Waals surface area (Å²) in [4.78, 5) is 32.3. The van der Waals surface area contributed by atoms with E-state index in [1.54, 1.807) is 23.5 Å². The smallest absolute Gasteiger partial charge is 0.248 e. The Labute approximate surface area is 200 Å². The molecular weight excluding hydrogens is 450 g/mol. The Morgan fingerprint density at radius 2 is 1.91 bits per heavy atom. The summed E-state index contributed by atoms with van der Waals surface area (Å²) in [5, 5.41) is 5.46. The minimum Gasteiger partial charge on any atom is -0.378 e. The van der Waals surface area contributed by atoms with Crippen LogP contribution in [-0.2, 0) is 11.3 Å². The van der Waals surface area contributed by atoms with Crippen molar-refractivity contribution in [2.75, 3.05) is 57.4 Å². The molecule has 4 aromatic rings. The summed E-state index contributed by atoms with van der Waals surface area (Å²) in [7, 11) is 0. The fraction of sp³-hybridized carbons (Fsp3) is 0.375. The van der Waals surface area contributed by atoms with Gasteiger partial charge in [0.15, 0.2) is 5.82 Å². The number of anilines is 1. The second-order valence-electron chi connectivity index (χ2n) is 8.75. The maximum atomic E-state index is 12.0. The van der Waals surface area contributed by atoms with Gasteiger partial charge in [0.25, 0.3) is 0 Å². The van der Waals surface area contributed by atoms with Crippen molar-refractivity contribution in [3.05, 3.63) is 40.9 Å². The lowest BCUT2D eigenvalue weighted by molar-refractivity contribution is 0.100. The van der Waals surface area contributed by atoms with Gasteiger partial charge in [0.2, 0.25) is 5.91 Å². The summed E-state index contributed by atoms with van der Waals surface area (Å²) in [5.41, 5.74) is 7.71. The van der Waals surface area contributed by atoms with Crippen molar-refractivity contribution in [1.82, 2.24) is 25.2 Å². The van der Waals surface area contributed by atoms with Crippen molar-refractivity contribution in [3.8, 4) is 11.4 Å². The third-order valence-electron chi connectivity index (χ3n) is 6.52. The molecule has 2 fully saturated rings. The van der Waals surface area contributed by atoms with Gasteiger partial charge < -0.3 is 25.7 Å². The highest BCUT2D eigenvalue weighted by molar-refractivity contribution is 7.18. The number of carbonyl (C=O) groups excluding carboxylic acids is 1. The number of aromatic amines is 1. The molecule has 0 aliphatic carbocycles. The van der Waals surface area contributed by atoms with Crippen LogP contribution in [0.25, 0.3) is 32.5 Å². The van der Waals surface area contributed by atoms with Gasteiger partial charge in [-0.05, 0) is 24.3 Å². The summed E-state index contributed by atoms with van der Waals surface area (Å²) in [6.45, 7) is 7.99. The Morgan fingerprint density at radius 3 is 2.71 bits per heavy atom. The molecule has 176 valence electrons. The highest BCUT2D eigenvalue weighted by atomic mass is 32.1. The van der Waals surface area contributed by atoms with E-state index in [2.05, 4.69) is 26.2 Å². The second kappa shape index (κ2) is 8.95. The molecular formula is C24H27N7O2S. The summed E-state index contributed by atoms with van der Waals surface area (Å²) in [6.07, 6.45) is 1.86. The molecule has 1 amide bonds. The topological polar surface area (TPSA) is 112 Å². The first-order valence-electron chi connectivity index (χ1n) is 11.6. The molecule has 0 unspecified atom stereocenters. The van der Waals surface area contributed by atoms with E-state index in [0.29, 0.717) is 24.6 Å². The first-order chi connectivity index (χ1) is 16.7. The molecule has 0 radical (unpaired) electrons. The Bertz CT molecular complexity index is 1350. The summed E-state index contributed by atoms with van der Waals surface area (Å²) in [6, 6.07) is 7.82. The summed E-state index contributed by atoms with van der Waals surface area (Å²) >= 11 is 1.73. The molecule has 2 aliphatic heterocycles. The van der Waals surface area contributed by atoms with Crippen LogP contribution in [0.4, 0.5) is 5.82 Å². The number of nitrogens with one attached hydrogen (secondary N) is 2. The molecule has 10 heteroatoms. The highest BCUT2D eigenvalue weighted by Crippen LogP contribution is 2.36. The van der Waals surface area contributed by atoms with Gasteiger partial charge in [-0.1, -0.05) is 0 Å². The minimum absolute atomic E-state index is 0.437. The van der Waals surface area contributed by atoms with Gasteiger partial charge in [0.05, 0.1) is 18.6 Å². The number of thiophene rings is 1. The Kier molecular flexibility index (Phi) is 5.66. The van der Waals surface area contributed by atoms with Crippen LogP contribution in [0.5, 0.6) is 0 Å². The number of carbonyl (C=O) groups is 1. The Morgan fingerprint density at radius 1 is 1.09 bits per heavy atom. The van der Waals surface area contributed by atoms with Crippen LogP contribution in [0, 0.1) is 0 Å². The van der Waals surface area contributed by atoms with Crippen LogP contribution in [0.3, 0.4) is 0 Å². The lowest BCUT2D eigenvalue weighted by atomic mass is 10.0. The number of hydrogen-bond donors (Lipinski definition) is 3. The van der Waals surface area contributed by atoms with Gasteiger partial charge in [-0.3, -0.25) is 9.69 Å². The number of nitrogens with zero attached hydrogens (tertiary/aromatic N) is 4. The van der Waals surface area contributed by atoms with E-state index < -0.39 is 5.91 Å². The number of morpholine rings is 1. The van der Waals surface area contributed by atoms with Crippen LogP contribution in [-0.4, -0.2) is 78.2 Å². The van der Waals surface area contributed by atoms with Crippen molar-refractivity contribution in [3.63, 3.8) is 0 Å². The zero-order valence-electron chi connectivity index (χ0n) is 18.8. The number of rotatable bonds is 5. The zero-order valence-corrected chi connectivity index (χ0v) is 19.7. The molecule has 0 bridgehead atoms. The van der Waals surface area contributed by atoms with E-state index in [9.17, 15) is 4.79 Å². The number of primary amides is 1. The minimum atomic E-state index is -0.471. The Balaban J connectivity index is 1.49.